The molecule has 0 saturated heterocycles. The second kappa shape index (κ2) is 3.48. The minimum absolute atomic E-state index is 0.338. The Balaban J connectivity index is 3.11. The van der Waals surface area contributed by atoms with Crippen LogP contribution in [0.5, 0.6) is 0 Å². The molecule has 0 heterocycles. The van der Waals surface area contributed by atoms with Gasteiger partial charge in [-0.1, -0.05) is 31.2 Å². The maximum Gasteiger partial charge on any atom is 0.120 e. The third kappa shape index (κ3) is 6.47. The molecule has 0 aliphatic carbocycles. The van der Waals surface area contributed by atoms with Gasteiger partial charge < -0.3 is 4.74 Å². The van der Waals surface area contributed by atoms with Crippen LogP contribution in [0.2, 0.25) is 19.6 Å². The number of hydrogen-bond donors (Lipinski definition) is 0. The number of ether oxygens (including phenoxy) is 1. The fraction of sp³-hybridized carbons (Fsp3) is 1.00. The molecule has 0 N–H and O–H groups in total. The first-order valence-corrected chi connectivity index (χ1v) is 6.94. The molecule has 1 nitrogen and oxygen atoms in total. The zero-order chi connectivity index (χ0) is 6.62. The van der Waals surface area contributed by atoms with Crippen molar-refractivity contribution in [3.63, 3.8) is 0 Å². The molecule has 0 aromatic carbocycles. The van der Waals surface area contributed by atoms with E-state index in [0.717, 1.165) is 6.23 Å². The predicted octanol–water partition coefficient (Wildman–Crippen LogP) is 2.08. The van der Waals surface area contributed by atoms with E-state index in [1.165, 1.54) is 0 Å². The van der Waals surface area contributed by atoms with Gasteiger partial charge in [-0.25, -0.2) is 0 Å². The van der Waals surface area contributed by atoms with Gasteiger partial charge in [0.05, 0.1) is 8.07 Å². The predicted molar refractivity (Wildman–Crippen MR) is 40.0 cm³/mol. The standard InChI is InChI=1S/C5H13ClOSi/c1-8(2,3)5-7-4-6/h4-5H2,1-3H3. The van der Waals surface area contributed by atoms with Crippen molar-refractivity contribution in [2.45, 2.75) is 19.6 Å². The van der Waals surface area contributed by atoms with Crippen LogP contribution in [0.3, 0.4) is 0 Å². The van der Waals surface area contributed by atoms with Crippen LogP contribution in [-0.2, 0) is 4.74 Å². The highest BCUT2D eigenvalue weighted by Crippen LogP contribution is 2.00. The van der Waals surface area contributed by atoms with E-state index in [9.17, 15) is 0 Å². The van der Waals surface area contributed by atoms with Gasteiger partial charge in [0.15, 0.2) is 0 Å². The number of alkyl halides is 1. The Morgan fingerprint density at radius 2 is 1.88 bits per heavy atom. The summed E-state index contributed by atoms with van der Waals surface area (Å²) in [5, 5.41) is 0. The van der Waals surface area contributed by atoms with Gasteiger partial charge in [-0.3, -0.25) is 0 Å². The Hall–Kier alpha value is 0.467. The molecule has 0 amide bonds. The molecule has 8 heavy (non-hydrogen) atoms. The Morgan fingerprint density at radius 3 is 2.00 bits per heavy atom. The molecule has 0 fully saturated rings. The quantitative estimate of drug-likeness (QED) is 0.445. The topological polar surface area (TPSA) is 9.23 Å². The van der Waals surface area contributed by atoms with Crippen molar-refractivity contribution in [3.8, 4) is 0 Å². The van der Waals surface area contributed by atoms with Crippen molar-refractivity contribution in [2.75, 3.05) is 12.3 Å². The van der Waals surface area contributed by atoms with E-state index in [4.69, 9.17) is 16.3 Å². The van der Waals surface area contributed by atoms with E-state index < -0.39 is 8.07 Å². The van der Waals surface area contributed by atoms with Crippen LogP contribution in [0.1, 0.15) is 0 Å². The molecule has 3 heteroatoms. The second-order valence-corrected chi connectivity index (χ2v) is 8.65. The van der Waals surface area contributed by atoms with Crippen molar-refractivity contribution in [3.05, 3.63) is 0 Å². The monoisotopic (exact) mass is 152 g/mol. The highest BCUT2D eigenvalue weighted by atomic mass is 35.5. The molecule has 0 aliphatic heterocycles. The summed E-state index contributed by atoms with van der Waals surface area (Å²) in [6, 6.07) is 0.338. The SMILES string of the molecule is C[Si](C)(C)COCCl. The lowest BCUT2D eigenvalue weighted by molar-refractivity contribution is 0.225. The average Bonchev–Trinajstić information content (AvgIpc) is 1.59. The Labute approximate surface area is 57.0 Å². The minimum atomic E-state index is -0.985. The van der Waals surface area contributed by atoms with Crippen LogP contribution >= 0.6 is 11.6 Å². The van der Waals surface area contributed by atoms with Crippen molar-refractivity contribution in [2.24, 2.45) is 0 Å². The number of halogens is 1. The second-order valence-electron chi connectivity index (χ2n) is 3.02. The van der Waals surface area contributed by atoms with Gasteiger partial charge >= 0.3 is 0 Å². The van der Waals surface area contributed by atoms with Crippen LogP contribution in [0, 0.1) is 0 Å². The van der Waals surface area contributed by atoms with Crippen molar-refractivity contribution in [1.82, 2.24) is 0 Å². The molecule has 0 unspecified atom stereocenters. The Morgan fingerprint density at radius 1 is 1.38 bits per heavy atom. The first kappa shape index (κ1) is 8.47. The summed E-state index contributed by atoms with van der Waals surface area (Å²) in [6.45, 7) is 6.75. The lowest BCUT2D eigenvalue weighted by Gasteiger charge is -2.13. The third-order valence-corrected chi connectivity index (χ3v) is 1.84. The van der Waals surface area contributed by atoms with Crippen molar-refractivity contribution >= 4 is 19.7 Å². The number of hydrogen-bond acceptors (Lipinski definition) is 1. The van der Waals surface area contributed by atoms with Crippen molar-refractivity contribution in [1.29, 1.82) is 0 Å². The lowest BCUT2D eigenvalue weighted by Crippen LogP contribution is -2.27. The van der Waals surface area contributed by atoms with Gasteiger partial charge in [0.1, 0.15) is 6.07 Å². The van der Waals surface area contributed by atoms with Crippen molar-refractivity contribution < 1.29 is 4.74 Å². The molecule has 50 valence electrons. The molecule has 0 atom stereocenters. The van der Waals surface area contributed by atoms with Crippen LogP contribution in [0.4, 0.5) is 0 Å². The molecule has 0 aromatic heterocycles. The van der Waals surface area contributed by atoms with Gasteiger partial charge in [0.2, 0.25) is 0 Å². The van der Waals surface area contributed by atoms with E-state index in [1.54, 1.807) is 0 Å². The summed E-state index contributed by atoms with van der Waals surface area (Å²) in [7, 11) is -0.985. The molecular formula is C5H13ClOSi. The van der Waals surface area contributed by atoms with E-state index in [-0.39, 0.29) is 0 Å². The molecular weight excluding hydrogens is 140 g/mol. The molecule has 0 saturated carbocycles. The minimum Gasteiger partial charge on any atom is -0.369 e. The first-order valence-electron chi connectivity index (χ1n) is 2.70. The van der Waals surface area contributed by atoms with Crippen LogP contribution in [0.15, 0.2) is 0 Å². The van der Waals surface area contributed by atoms with E-state index in [0.29, 0.717) is 6.07 Å². The average molecular weight is 153 g/mol. The summed E-state index contributed by atoms with van der Waals surface area (Å²) in [5.41, 5.74) is 0. The summed E-state index contributed by atoms with van der Waals surface area (Å²) < 4.78 is 5.03. The fourth-order valence-electron chi connectivity index (χ4n) is 0.345. The van der Waals surface area contributed by atoms with Gasteiger partial charge in [-0.2, -0.15) is 0 Å². The molecule has 0 bridgehead atoms. The van der Waals surface area contributed by atoms with Crippen LogP contribution in [0.25, 0.3) is 0 Å². The van der Waals surface area contributed by atoms with E-state index in [1.807, 2.05) is 0 Å². The molecule has 0 rings (SSSR count). The molecule has 0 aliphatic rings. The van der Waals surface area contributed by atoms with E-state index in [2.05, 4.69) is 19.6 Å². The summed E-state index contributed by atoms with van der Waals surface area (Å²) >= 11 is 5.31. The third-order valence-electron chi connectivity index (χ3n) is 0.612. The summed E-state index contributed by atoms with van der Waals surface area (Å²) in [6.07, 6.45) is 0.872. The summed E-state index contributed by atoms with van der Waals surface area (Å²) in [5.74, 6) is 0. The lowest BCUT2D eigenvalue weighted by atomic mass is 11.5. The molecule has 0 spiro atoms. The van der Waals surface area contributed by atoms with Gasteiger partial charge in [-0.05, 0) is 0 Å². The Bertz CT molecular complexity index is 59.9. The highest BCUT2D eigenvalue weighted by Gasteiger charge is 2.11. The highest BCUT2D eigenvalue weighted by molar-refractivity contribution is 6.76. The van der Waals surface area contributed by atoms with Crippen LogP contribution < -0.4 is 0 Å². The normalized spacial score (nSPS) is 12.0. The van der Waals surface area contributed by atoms with Gasteiger partial charge in [0, 0.05) is 6.23 Å². The largest absolute Gasteiger partial charge is 0.369 e. The van der Waals surface area contributed by atoms with Gasteiger partial charge in [-0.15, -0.1) is 0 Å². The zero-order valence-corrected chi connectivity index (χ0v) is 7.46. The molecule has 0 radical (unpaired) electrons. The fourth-order valence-corrected chi connectivity index (χ4v) is 1.27. The first-order chi connectivity index (χ1) is 3.56. The van der Waals surface area contributed by atoms with E-state index >= 15 is 0 Å². The Kier molecular flexibility index (Phi) is 3.69. The summed E-state index contributed by atoms with van der Waals surface area (Å²) in [4.78, 5) is 0. The molecule has 0 aromatic rings. The number of rotatable bonds is 3. The van der Waals surface area contributed by atoms with Gasteiger partial charge in [0.25, 0.3) is 0 Å². The van der Waals surface area contributed by atoms with Crippen LogP contribution in [-0.4, -0.2) is 20.4 Å². The maximum absolute atomic E-state index is 5.31. The smallest absolute Gasteiger partial charge is 0.120 e. The zero-order valence-electron chi connectivity index (χ0n) is 5.70. The maximum atomic E-state index is 5.31.